The average molecular weight is 266 g/mol. The van der Waals surface area contributed by atoms with Gasteiger partial charge in [0.05, 0.1) is 7.05 Å². The third-order valence-corrected chi connectivity index (χ3v) is 3.14. The molecule has 1 heterocycles. The summed E-state index contributed by atoms with van der Waals surface area (Å²) in [6.45, 7) is 2.07. The molecule has 2 rings (SSSR count). The SMILES string of the molecule is CNC(Cc1nnn(C)n1)c1cc(Cl)ccc1C. The van der Waals surface area contributed by atoms with Crippen LogP contribution in [-0.4, -0.2) is 27.3 Å². The van der Waals surface area contributed by atoms with Crippen molar-refractivity contribution in [3.05, 3.63) is 40.2 Å². The van der Waals surface area contributed by atoms with Crippen molar-refractivity contribution < 1.29 is 0 Å². The first-order valence-electron chi connectivity index (χ1n) is 5.76. The summed E-state index contributed by atoms with van der Waals surface area (Å²) in [6, 6.07) is 6.03. The zero-order valence-electron chi connectivity index (χ0n) is 10.7. The number of nitrogens with one attached hydrogen (secondary N) is 1. The van der Waals surface area contributed by atoms with Gasteiger partial charge in [0.25, 0.3) is 0 Å². The Morgan fingerprint density at radius 2 is 2.22 bits per heavy atom. The molecule has 0 aliphatic carbocycles. The summed E-state index contributed by atoms with van der Waals surface area (Å²) in [6.07, 6.45) is 0.686. The predicted octanol–water partition coefficient (Wildman–Crippen LogP) is 1.68. The smallest absolute Gasteiger partial charge is 0.176 e. The molecule has 0 aliphatic rings. The highest BCUT2D eigenvalue weighted by Crippen LogP contribution is 2.23. The fraction of sp³-hybridized carbons (Fsp3) is 0.417. The molecule has 0 fully saturated rings. The number of aromatic nitrogens is 4. The molecule has 1 unspecified atom stereocenters. The van der Waals surface area contributed by atoms with Gasteiger partial charge in [-0.2, -0.15) is 4.80 Å². The van der Waals surface area contributed by atoms with Gasteiger partial charge in [-0.1, -0.05) is 17.7 Å². The summed E-state index contributed by atoms with van der Waals surface area (Å²) < 4.78 is 0. The Morgan fingerprint density at radius 3 is 2.83 bits per heavy atom. The van der Waals surface area contributed by atoms with Crippen molar-refractivity contribution in [1.82, 2.24) is 25.5 Å². The summed E-state index contributed by atoms with van der Waals surface area (Å²) in [5.41, 5.74) is 2.36. The largest absolute Gasteiger partial charge is 0.313 e. The molecule has 96 valence electrons. The van der Waals surface area contributed by atoms with Crippen LogP contribution in [-0.2, 0) is 13.5 Å². The maximum absolute atomic E-state index is 6.05. The van der Waals surface area contributed by atoms with Crippen molar-refractivity contribution in [2.45, 2.75) is 19.4 Å². The van der Waals surface area contributed by atoms with Crippen LogP contribution in [0.3, 0.4) is 0 Å². The second-order valence-electron chi connectivity index (χ2n) is 4.24. The molecule has 0 bridgehead atoms. The van der Waals surface area contributed by atoms with E-state index in [9.17, 15) is 0 Å². The van der Waals surface area contributed by atoms with E-state index in [-0.39, 0.29) is 6.04 Å². The molecule has 1 atom stereocenters. The van der Waals surface area contributed by atoms with Crippen LogP contribution in [0.25, 0.3) is 0 Å². The molecule has 1 aromatic heterocycles. The minimum Gasteiger partial charge on any atom is -0.313 e. The molecule has 0 aliphatic heterocycles. The van der Waals surface area contributed by atoms with E-state index in [2.05, 4.69) is 27.7 Å². The molecule has 0 saturated heterocycles. The average Bonchev–Trinajstić information content (AvgIpc) is 2.75. The maximum Gasteiger partial charge on any atom is 0.176 e. The van der Waals surface area contributed by atoms with Crippen molar-refractivity contribution in [2.24, 2.45) is 7.05 Å². The second kappa shape index (κ2) is 5.46. The lowest BCUT2D eigenvalue weighted by atomic mass is 9.99. The van der Waals surface area contributed by atoms with Crippen LogP contribution >= 0.6 is 11.6 Å². The van der Waals surface area contributed by atoms with Crippen LogP contribution in [0.2, 0.25) is 5.02 Å². The third-order valence-electron chi connectivity index (χ3n) is 2.90. The van der Waals surface area contributed by atoms with E-state index in [1.54, 1.807) is 7.05 Å². The van der Waals surface area contributed by atoms with Gasteiger partial charge < -0.3 is 5.32 Å². The summed E-state index contributed by atoms with van der Waals surface area (Å²) in [4.78, 5) is 1.47. The van der Waals surface area contributed by atoms with E-state index in [1.165, 1.54) is 10.4 Å². The minimum atomic E-state index is 0.132. The normalized spacial score (nSPS) is 12.7. The number of hydrogen-bond acceptors (Lipinski definition) is 4. The van der Waals surface area contributed by atoms with Crippen LogP contribution in [0.4, 0.5) is 0 Å². The zero-order valence-corrected chi connectivity index (χ0v) is 11.4. The first-order chi connectivity index (χ1) is 8.60. The van der Waals surface area contributed by atoms with Crippen molar-refractivity contribution in [3.63, 3.8) is 0 Å². The first kappa shape index (κ1) is 13.0. The van der Waals surface area contributed by atoms with Crippen molar-refractivity contribution >= 4 is 11.6 Å². The van der Waals surface area contributed by atoms with Gasteiger partial charge in [0.1, 0.15) is 0 Å². The molecule has 0 amide bonds. The number of halogens is 1. The number of hydrogen-bond donors (Lipinski definition) is 1. The zero-order chi connectivity index (χ0) is 13.1. The Balaban J connectivity index is 2.25. The Hall–Kier alpha value is -1.46. The molecule has 18 heavy (non-hydrogen) atoms. The Morgan fingerprint density at radius 1 is 1.44 bits per heavy atom. The molecule has 2 aromatic rings. The third kappa shape index (κ3) is 2.86. The van der Waals surface area contributed by atoms with Gasteiger partial charge in [0.2, 0.25) is 0 Å². The molecule has 1 aromatic carbocycles. The molecule has 0 spiro atoms. The van der Waals surface area contributed by atoms with Gasteiger partial charge in [0.15, 0.2) is 5.82 Å². The molecular formula is C12H16ClN5. The number of rotatable bonds is 4. The Labute approximate surface area is 111 Å². The van der Waals surface area contributed by atoms with E-state index in [0.29, 0.717) is 6.42 Å². The molecule has 6 heteroatoms. The Bertz CT molecular complexity index is 537. The molecule has 1 N–H and O–H groups in total. The quantitative estimate of drug-likeness (QED) is 0.914. The molecule has 5 nitrogen and oxygen atoms in total. The van der Waals surface area contributed by atoms with Gasteiger partial charge in [-0.3, -0.25) is 0 Å². The van der Waals surface area contributed by atoms with Crippen LogP contribution in [0.1, 0.15) is 23.0 Å². The van der Waals surface area contributed by atoms with Gasteiger partial charge in [0, 0.05) is 17.5 Å². The number of benzene rings is 1. The van der Waals surface area contributed by atoms with E-state index in [0.717, 1.165) is 16.4 Å². The number of likely N-dealkylation sites (N-methyl/N-ethyl adjacent to an activating group) is 1. The number of tetrazole rings is 1. The van der Waals surface area contributed by atoms with Gasteiger partial charge >= 0.3 is 0 Å². The monoisotopic (exact) mass is 265 g/mol. The number of aryl methyl sites for hydroxylation is 2. The van der Waals surface area contributed by atoms with Crippen molar-refractivity contribution in [2.75, 3.05) is 7.05 Å². The van der Waals surface area contributed by atoms with Gasteiger partial charge in [-0.25, -0.2) is 0 Å². The Kier molecular flexibility index (Phi) is 3.93. The lowest BCUT2D eigenvalue weighted by Gasteiger charge is -2.17. The first-order valence-corrected chi connectivity index (χ1v) is 6.14. The van der Waals surface area contributed by atoms with Crippen LogP contribution in [0.5, 0.6) is 0 Å². The lowest BCUT2D eigenvalue weighted by molar-refractivity contribution is 0.567. The van der Waals surface area contributed by atoms with E-state index in [4.69, 9.17) is 11.6 Å². The molecule has 0 saturated carbocycles. The van der Waals surface area contributed by atoms with Crippen molar-refractivity contribution in [3.8, 4) is 0 Å². The maximum atomic E-state index is 6.05. The fourth-order valence-corrected chi connectivity index (χ4v) is 2.12. The van der Waals surface area contributed by atoms with E-state index < -0.39 is 0 Å². The topological polar surface area (TPSA) is 55.6 Å². The standard InChI is InChI=1S/C12H16ClN5/c1-8-4-5-9(13)6-10(8)11(14-2)7-12-15-17-18(3)16-12/h4-6,11,14H,7H2,1-3H3. The highest BCUT2D eigenvalue weighted by molar-refractivity contribution is 6.30. The summed E-state index contributed by atoms with van der Waals surface area (Å²) in [7, 11) is 3.68. The van der Waals surface area contributed by atoms with E-state index in [1.807, 2.05) is 25.2 Å². The summed E-state index contributed by atoms with van der Waals surface area (Å²) in [5, 5.41) is 16.1. The molecular weight excluding hydrogens is 250 g/mol. The predicted molar refractivity (Wildman–Crippen MR) is 70.5 cm³/mol. The van der Waals surface area contributed by atoms with Crippen LogP contribution < -0.4 is 5.32 Å². The van der Waals surface area contributed by atoms with Crippen LogP contribution in [0, 0.1) is 6.92 Å². The summed E-state index contributed by atoms with van der Waals surface area (Å²) >= 11 is 6.05. The summed E-state index contributed by atoms with van der Waals surface area (Å²) in [5.74, 6) is 0.719. The minimum absolute atomic E-state index is 0.132. The van der Waals surface area contributed by atoms with Gasteiger partial charge in [-0.05, 0) is 42.4 Å². The highest BCUT2D eigenvalue weighted by Gasteiger charge is 2.15. The van der Waals surface area contributed by atoms with Crippen LogP contribution in [0.15, 0.2) is 18.2 Å². The highest BCUT2D eigenvalue weighted by atomic mass is 35.5. The fourth-order valence-electron chi connectivity index (χ4n) is 1.94. The second-order valence-corrected chi connectivity index (χ2v) is 4.68. The lowest BCUT2D eigenvalue weighted by Crippen LogP contribution is -2.20. The van der Waals surface area contributed by atoms with Gasteiger partial charge in [-0.15, -0.1) is 10.2 Å². The van der Waals surface area contributed by atoms with E-state index >= 15 is 0 Å². The molecule has 0 radical (unpaired) electrons. The number of nitrogens with zero attached hydrogens (tertiary/aromatic N) is 4. The van der Waals surface area contributed by atoms with Crippen molar-refractivity contribution in [1.29, 1.82) is 0 Å².